The number of urea groups is 1. The van der Waals surface area contributed by atoms with Gasteiger partial charge in [0.2, 0.25) is 0 Å². The smallest absolute Gasteiger partial charge is 0.319 e. The van der Waals surface area contributed by atoms with Gasteiger partial charge in [0.25, 0.3) is 0 Å². The van der Waals surface area contributed by atoms with Crippen molar-refractivity contribution in [1.82, 2.24) is 10.2 Å². The lowest BCUT2D eigenvalue weighted by Crippen LogP contribution is -2.44. The molecule has 0 radical (unpaired) electrons. The number of carbonyl (C=O) groups excluding carboxylic acids is 1. The van der Waals surface area contributed by atoms with E-state index in [1.165, 1.54) is 5.56 Å². The van der Waals surface area contributed by atoms with Crippen LogP contribution in [0.3, 0.4) is 0 Å². The average molecular weight is 518 g/mol. The Bertz CT molecular complexity index is 1170. The molecule has 7 nitrogen and oxygen atoms in total. The number of hydrogen-bond acceptors (Lipinski definition) is 5. The van der Waals surface area contributed by atoms with Crippen LogP contribution in [0.15, 0.2) is 78.9 Å². The molecule has 0 bridgehead atoms. The van der Waals surface area contributed by atoms with E-state index < -0.39 is 6.29 Å². The number of aliphatic hydroxyl groups is 1. The predicted molar refractivity (Wildman–Crippen MR) is 150 cm³/mol. The summed E-state index contributed by atoms with van der Waals surface area (Å²) in [6.45, 7) is 7.52. The van der Waals surface area contributed by atoms with Crippen LogP contribution in [-0.2, 0) is 16.1 Å². The number of benzene rings is 3. The number of anilines is 1. The lowest BCUT2D eigenvalue weighted by molar-refractivity contribution is -0.276. The zero-order valence-corrected chi connectivity index (χ0v) is 22.6. The molecule has 1 saturated heterocycles. The van der Waals surface area contributed by atoms with Gasteiger partial charge in [-0.2, -0.15) is 0 Å². The first-order valence-corrected chi connectivity index (χ1v) is 13.3. The molecule has 0 aliphatic carbocycles. The molecule has 1 heterocycles. The Morgan fingerprint density at radius 2 is 1.74 bits per heavy atom. The quantitative estimate of drug-likeness (QED) is 0.334. The molecular formula is C31H39N3O4. The fourth-order valence-electron chi connectivity index (χ4n) is 4.85. The van der Waals surface area contributed by atoms with Crippen LogP contribution in [0.5, 0.6) is 0 Å². The molecule has 0 unspecified atom stereocenters. The Kier molecular flexibility index (Phi) is 9.53. The van der Waals surface area contributed by atoms with Gasteiger partial charge in [-0.15, -0.1) is 0 Å². The number of nitrogens with zero attached hydrogens (tertiary/aromatic N) is 1. The third kappa shape index (κ3) is 6.79. The summed E-state index contributed by atoms with van der Waals surface area (Å²) in [6, 6.07) is 26.0. The summed E-state index contributed by atoms with van der Waals surface area (Å²) in [4.78, 5) is 14.4. The second-order valence-electron chi connectivity index (χ2n) is 9.96. The minimum atomic E-state index is -0.602. The number of nitrogens with one attached hydrogen (secondary N) is 2. The van der Waals surface area contributed by atoms with Gasteiger partial charge in [-0.05, 0) is 49.7 Å². The molecule has 3 aromatic rings. The van der Waals surface area contributed by atoms with E-state index in [0.29, 0.717) is 12.2 Å². The molecule has 38 heavy (non-hydrogen) atoms. The highest BCUT2D eigenvalue weighted by Gasteiger charge is 2.39. The molecular weight excluding hydrogens is 478 g/mol. The lowest BCUT2D eigenvalue weighted by atomic mass is 9.89. The van der Waals surface area contributed by atoms with Gasteiger partial charge in [0.05, 0.1) is 18.8 Å². The number of carbonyl (C=O) groups is 1. The summed E-state index contributed by atoms with van der Waals surface area (Å²) in [5.41, 5.74) is 4.68. The largest absolute Gasteiger partial charge is 0.392 e. The highest BCUT2D eigenvalue weighted by Crippen LogP contribution is 2.42. The summed E-state index contributed by atoms with van der Waals surface area (Å²) in [5, 5.41) is 15.1. The van der Waals surface area contributed by atoms with Crippen molar-refractivity contribution < 1.29 is 19.4 Å². The first-order valence-electron chi connectivity index (χ1n) is 13.3. The van der Waals surface area contributed by atoms with Gasteiger partial charge in [-0.3, -0.25) is 4.90 Å². The van der Waals surface area contributed by atoms with Crippen molar-refractivity contribution >= 4 is 11.7 Å². The number of hydrogen-bond donors (Lipinski definition) is 3. The van der Waals surface area contributed by atoms with Crippen molar-refractivity contribution in [3.63, 3.8) is 0 Å². The van der Waals surface area contributed by atoms with Crippen LogP contribution >= 0.6 is 0 Å². The summed E-state index contributed by atoms with van der Waals surface area (Å²) >= 11 is 0. The van der Waals surface area contributed by atoms with Crippen molar-refractivity contribution in [3.05, 3.63) is 101 Å². The van der Waals surface area contributed by atoms with Crippen LogP contribution in [0.4, 0.5) is 10.5 Å². The second-order valence-corrected chi connectivity index (χ2v) is 9.96. The molecule has 0 spiro atoms. The van der Waals surface area contributed by atoms with Crippen LogP contribution in [0, 0.1) is 5.92 Å². The number of ether oxygens (including phenoxy) is 2. The van der Waals surface area contributed by atoms with E-state index in [0.717, 1.165) is 23.2 Å². The topological polar surface area (TPSA) is 83.1 Å². The zero-order valence-electron chi connectivity index (χ0n) is 22.6. The van der Waals surface area contributed by atoms with Crippen LogP contribution in [0.25, 0.3) is 0 Å². The van der Waals surface area contributed by atoms with Crippen molar-refractivity contribution in [2.75, 3.05) is 25.5 Å². The van der Waals surface area contributed by atoms with Gasteiger partial charge >= 0.3 is 6.03 Å². The summed E-state index contributed by atoms with van der Waals surface area (Å²) in [7, 11) is 2.13. The standard InChI is InChI=1S/C31H39N3O4/c1-5-32-31(36)33-27-13-9-12-26(18-27)30-37-28(19-34(4)22(3)24-10-7-6-8-11-24)21(2)29(38-30)25-16-14-23(20-35)15-17-25/h6-18,21-22,28-30,35H,5,19-20H2,1-4H3,(H2,32,33,36)/t21-,22-,28+,29+,30+/m0/s1. The molecule has 5 atom stereocenters. The first kappa shape index (κ1) is 27.8. The molecule has 3 aromatic carbocycles. The number of aliphatic hydroxyl groups excluding tert-OH is 1. The Labute approximate surface area is 225 Å². The van der Waals surface area contributed by atoms with E-state index >= 15 is 0 Å². The van der Waals surface area contributed by atoms with Crippen molar-refractivity contribution in [2.45, 2.75) is 51.9 Å². The van der Waals surface area contributed by atoms with E-state index in [9.17, 15) is 9.90 Å². The highest BCUT2D eigenvalue weighted by molar-refractivity contribution is 5.89. The van der Waals surface area contributed by atoms with Crippen LogP contribution in [0.1, 0.15) is 61.5 Å². The maximum Gasteiger partial charge on any atom is 0.319 e. The average Bonchev–Trinajstić information content (AvgIpc) is 2.94. The molecule has 2 amide bonds. The minimum Gasteiger partial charge on any atom is -0.392 e. The van der Waals surface area contributed by atoms with E-state index in [1.807, 2.05) is 61.5 Å². The highest BCUT2D eigenvalue weighted by atomic mass is 16.7. The van der Waals surface area contributed by atoms with Crippen LogP contribution in [-0.4, -0.2) is 42.3 Å². The van der Waals surface area contributed by atoms with Gasteiger partial charge in [-0.1, -0.05) is 73.7 Å². The van der Waals surface area contributed by atoms with E-state index in [-0.39, 0.29) is 36.8 Å². The normalized spacial score (nSPS) is 22.2. The van der Waals surface area contributed by atoms with E-state index in [4.69, 9.17) is 9.47 Å². The van der Waals surface area contributed by atoms with Crippen LogP contribution in [0.2, 0.25) is 0 Å². The minimum absolute atomic E-state index is 0.00326. The molecule has 0 saturated carbocycles. The predicted octanol–water partition coefficient (Wildman–Crippen LogP) is 5.80. The van der Waals surface area contributed by atoms with Crippen molar-refractivity contribution in [3.8, 4) is 0 Å². The van der Waals surface area contributed by atoms with Gasteiger partial charge in [0.1, 0.15) is 0 Å². The van der Waals surface area contributed by atoms with Crippen LogP contribution < -0.4 is 10.6 Å². The fraction of sp³-hybridized carbons (Fsp3) is 0.387. The zero-order chi connectivity index (χ0) is 27.1. The summed E-state index contributed by atoms with van der Waals surface area (Å²) < 4.78 is 13.2. The molecule has 4 rings (SSSR count). The van der Waals surface area contributed by atoms with Gasteiger partial charge in [-0.25, -0.2) is 4.79 Å². The summed E-state index contributed by atoms with van der Waals surface area (Å²) in [6.07, 6.45) is -0.908. The van der Waals surface area contributed by atoms with Crippen molar-refractivity contribution in [2.24, 2.45) is 5.92 Å². The first-order chi connectivity index (χ1) is 18.4. The van der Waals surface area contributed by atoms with Gasteiger partial charge in [0, 0.05) is 36.3 Å². The van der Waals surface area contributed by atoms with Gasteiger partial charge < -0.3 is 25.2 Å². The lowest BCUT2D eigenvalue weighted by Gasteiger charge is -2.43. The molecule has 7 heteroatoms. The summed E-state index contributed by atoms with van der Waals surface area (Å²) in [5.74, 6) is 0.0771. The Balaban J connectivity index is 1.59. The molecule has 1 fully saturated rings. The maximum absolute atomic E-state index is 12.1. The Morgan fingerprint density at radius 1 is 1.00 bits per heavy atom. The number of rotatable bonds is 9. The monoisotopic (exact) mass is 517 g/mol. The SMILES string of the molecule is CCNC(=O)Nc1cccc([C@@H]2O[C@H](CN(C)[C@@H](C)c3ccccc3)[C@H](C)[C@H](c3ccc(CO)cc3)O2)c1. The number of likely N-dealkylation sites (N-methyl/N-ethyl adjacent to an activating group) is 1. The third-order valence-corrected chi connectivity index (χ3v) is 7.29. The third-order valence-electron chi connectivity index (χ3n) is 7.29. The van der Waals surface area contributed by atoms with E-state index in [1.54, 1.807) is 0 Å². The molecule has 0 aromatic heterocycles. The Hall–Kier alpha value is -3.23. The molecule has 1 aliphatic heterocycles. The molecule has 1 aliphatic rings. The maximum atomic E-state index is 12.1. The molecule has 202 valence electrons. The van der Waals surface area contributed by atoms with Gasteiger partial charge in [0.15, 0.2) is 6.29 Å². The van der Waals surface area contributed by atoms with E-state index in [2.05, 4.69) is 60.7 Å². The fourth-order valence-corrected chi connectivity index (χ4v) is 4.85. The molecule has 3 N–H and O–H groups in total. The number of amides is 2. The second kappa shape index (κ2) is 13.0. The Morgan fingerprint density at radius 3 is 2.42 bits per heavy atom. The van der Waals surface area contributed by atoms with Crippen molar-refractivity contribution in [1.29, 1.82) is 0 Å².